The average molecular weight is 717 g/mol. The number of ether oxygens (including phenoxy) is 2. The largest absolute Gasteiger partial charge is 0.377 e. The van der Waals surface area contributed by atoms with Gasteiger partial charge in [-0.15, -0.1) is 0 Å². The normalized spacial score (nSPS) is 19.8. The van der Waals surface area contributed by atoms with E-state index in [2.05, 4.69) is 21.3 Å². The quantitative estimate of drug-likeness (QED) is 0.139. The second-order valence-electron chi connectivity index (χ2n) is 12.2. The van der Waals surface area contributed by atoms with Gasteiger partial charge in [-0.2, -0.15) is 0 Å². The summed E-state index contributed by atoms with van der Waals surface area (Å²) in [7, 11) is 0. The van der Waals surface area contributed by atoms with Gasteiger partial charge in [0.05, 0.1) is 48.7 Å². The first-order valence-corrected chi connectivity index (χ1v) is 16.4. The molecule has 4 aliphatic rings. The second-order valence-corrected chi connectivity index (χ2v) is 12.2. The predicted octanol–water partition coefficient (Wildman–Crippen LogP) is -1.32. The van der Waals surface area contributed by atoms with Gasteiger partial charge in [-0.05, 0) is 49.2 Å². The van der Waals surface area contributed by atoms with E-state index in [-0.39, 0.29) is 98.6 Å². The molecule has 4 heterocycles. The van der Waals surface area contributed by atoms with Crippen LogP contribution in [0.5, 0.6) is 0 Å². The van der Waals surface area contributed by atoms with Crippen molar-refractivity contribution in [3.05, 3.63) is 69.8 Å². The van der Waals surface area contributed by atoms with Crippen molar-refractivity contribution < 1.29 is 57.4 Å². The molecule has 4 aliphatic heterocycles. The minimum absolute atomic E-state index is 0.00524. The van der Waals surface area contributed by atoms with Crippen LogP contribution in [-0.4, -0.2) is 120 Å². The number of nitrogens with one attached hydrogen (secondary N) is 4. The number of amides is 10. The van der Waals surface area contributed by atoms with Crippen LogP contribution < -0.4 is 21.3 Å². The van der Waals surface area contributed by atoms with Crippen molar-refractivity contribution in [3.8, 4) is 0 Å². The Morgan fingerprint density at radius 2 is 0.962 bits per heavy atom. The summed E-state index contributed by atoms with van der Waals surface area (Å²) in [5.41, 5.74) is 0.362. The highest BCUT2D eigenvalue weighted by molar-refractivity contribution is 6.25. The predicted molar refractivity (Wildman–Crippen MR) is 173 cm³/mol. The van der Waals surface area contributed by atoms with E-state index >= 15 is 0 Å². The molecule has 2 fully saturated rings. The molecule has 0 saturated carbocycles. The fraction of sp³-hybridized carbons (Fsp3) is 0.353. The number of piperidine rings is 2. The highest BCUT2D eigenvalue weighted by atomic mass is 16.5. The lowest BCUT2D eigenvalue weighted by molar-refractivity contribution is -0.137. The van der Waals surface area contributed by atoms with Crippen LogP contribution in [0.15, 0.2) is 36.4 Å². The van der Waals surface area contributed by atoms with Gasteiger partial charge in [0.1, 0.15) is 12.1 Å². The Morgan fingerprint density at radius 3 is 1.35 bits per heavy atom. The van der Waals surface area contributed by atoms with E-state index in [4.69, 9.17) is 9.47 Å². The summed E-state index contributed by atoms with van der Waals surface area (Å²) < 4.78 is 10.9. The third-order valence-electron chi connectivity index (χ3n) is 8.84. The van der Waals surface area contributed by atoms with Gasteiger partial charge in [0, 0.05) is 37.1 Å². The maximum absolute atomic E-state index is 13.0. The molecule has 0 aromatic heterocycles. The molecule has 0 spiro atoms. The molecule has 2 saturated heterocycles. The van der Waals surface area contributed by atoms with Crippen molar-refractivity contribution in [2.45, 2.75) is 37.8 Å². The van der Waals surface area contributed by atoms with Gasteiger partial charge in [-0.1, -0.05) is 0 Å². The number of nitrogens with zero attached hydrogens (tertiary/aromatic N) is 2. The molecule has 52 heavy (non-hydrogen) atoms. The molecule has 2 aromatic rings. The lowest BCUT2D eigenvalue weighted by Crippen LogP contribution is -2.54. The molecule has 18 heteroatoms. The van der Waals surface area contributed by atoms with E-state index < -0.39 is 71.2 Å². The maximum Gasteiger partial charge on any atom is 0.262 e. The van der Waals surface area contributed by atoms with Crippen molar-refractivity contribution in [1.29, 1.82) is 0 Å². The zero-order valence-corrected chi connectivity index (χ0v) is 27.5. The third kappa shape index (κ3) is 7.06. The third-order valence-corrected chi connectivity index (χ3v) is 8.84. The zero-order valence-electron chi connectivity index (χ0n) is 27.5. The van der Waals surface area contributed by atoms with E-state index in [0.717, 1.165) is 9.80 Å². The Hall–Kier alpha value is -6.14. The molecule has 18 nitrogen and oxygen atoms in total. The number of carbonyl (C=O) groups excluding carboxylic acids is 10. The van der Waals surface area contributed by atoms with Crippen LogP contribution in [-0.2, 0) is 28.7 Å². The molecule has 2 aromatic carbocycles. The van der Waals surface area contributed by atoms with Crippen molar-refractivity contribution in [2.24, 2.45) is 0 Å². The zero-order chi connectivity index (χ0) is 37.1. The number of benzene rings is 2. The Morgan fingerprint density at radius 1 is 0.577 bits per heavy atom. The maximum atomic E-state index is 13.0. The Labute approximate surface area is 294 Å². The van der Waals surface area contributed by atoms with E-state index in [1.807, 2.05) is 0 Å². The first kappa shape index (κ1) is 35.7. The molecule has 270 valence electrons. The molecule has 10 amide bonds. The van der Waals surface area contributed by atoms with E-state index in [1.165, 1.54) is 36.4 Å². The lowest BCUT2D eigenvalue weighted by Gasteiger charge is -2.27. The number of carbonyl (C=O) groups is 10. The fourth-order valence-corrected chi connectivity index (χ4v) is 6.22. The van der Waals surface area contributed by atoms with E-state index in [1.54, 1.807) is 0 Å². The molecular formula is C34H32N6O12. The average Bonchev–Trinajstić information content (AvgIpc) is 3.52. The Bertz CT molecular complexity index is 1810. The van der Waals surface area contributed by atoms with Crippen molar-refractivity contribution in [3.63, 3.8) is 0 Å². The minimum atomic E-state index is -1.11. The first-order chi connectivity index (χ1) is 25.0. The summed E-state index contributed by atoms with van der Waals surface area (Å²) >= 11 is 0. The van der Waals surface area contributed by atoms with Gasteiger partial charge in [0.2, 0.25) is 23.6 Å². The van der Waals surface area contributed by atoms with Crippen LogP contribution in [0.3, 0.4) is 0 Å². The van der Waals surface area contributed by atoms with Crippen LogP contribution in [0, 0.1) is 0 Å². The monoisotopic (exact) mass is 716 g/mol. The molecule has 0 radical (unpaired) electrons. The molecular weight excluding hydrogens is 684 g/mol. The van der Waals surface area contributed by atoms with Crippen LogP contribution in [0.2, 0.25) is 0 Å². The van der Waals surface area contributed by atoms with Gasteiger partial charge < -0.3 is 20.1 Å². The summed E-state index contributed by atoms with van der Waals surface area (Å²) in [6.45, 7) is 0.888. The summed E-state index contributed by atoms with van der Waals surface area (Å²) in [5, 5.41) is 9.55. The van der Waals surface area contributed by atoms with Gasteiger partial charge in [-0.3, -0.25) is 68.4 Å². The summed E-state index contributed by atoms with van der Waals surface area (Å²) in [5.74, 6) is -6.20. The summed E-state index contributed by atoms with van der Waals surface area (Å²) in [6, 6.07) is 5.83. The molecule has 4 N–H and O–H groups in total. The number of imide groups is 4. The highest BCUT2D eigenvalue weighted by Gasteiger charge is 2.46. The number of rotatable bonds is 13. The van der Waals surface area contributed by atoms with E-state index in [9.17, 15) is 47.9 Å². The van der Waals surface area contributed by atoms with Crippen LogP contribution in [0.1, 0.15) is 87.8 Å². The standard InChI is InChI=1S/C34H32N6O12/c41-25-7-5-23(29(45)37-25)39-31(47)19-3-1-17(15-21(19)33(39)49)27(43)35-9-11-51-13-14-52-12-10-36-28(44)18-2-4-20-22(16-18)34(50)40(32(20)48)24-6-8-26(42)38-30(24)46/h1-4,15-16,23-24H,5-14H2,(H,35,43)(H,36,44)(H,37,41,45)(H,38,42,46). The number of hydrogen-bond donors (Lipinski definition) is 4. The SMILES string of the molecule is O=C1CCC(N2C(=O)c3ccc(C(=O)NCCOCCOCCNC(=O)c4ccc5c(c4)C(=O)N(C4CCC(=O)NC4=O)C5=O)cc3C2=O)C(=O)N1. The van der Waals surface area contributed by atoms with Crippen molar-refractivity contribution in [1.82, 2.24) is 31.1 Å². The first-order valence-electron chi connectivity index (χ1n) is 16.4. The van der Waals surface area contributed by atoms with E-state index in [0.29, 0.717) is 0 Å². The fourth-order valence-electron chi connectivity index (χ4n) is 6.22. The van der Waals surface area contributed by atoms with Crippen LogP contribution in [0.4, 0.5) is 0 Å². The summed E-state index contributed by atoms with van der Waals surface area (Å²) in [4.78, 5) is 126. The Balaban J connectivity index is 0.867. The summed E-state index contributed by atoms with van der Waals surface area (Å²) in [6.07, 6.45) is 0.0310. The van der Waals surface area contributed by atoms with Crippen LogP contribution >= 0.6 is 0 Å². The Kier molecular flexibility index (Phi) is 10.3. The molecule has 0 bridgehead atoms. The molecule has 0 aliphatic carbocycles. The van der Waals surface area contributed by atoms with Gasteiger partial charge >= 0.3 is 0 Å². The van der Waals surface area contributed by atoms with Gasteiger partial charge in [0.25, 0.3) is 35.4 Å². The van der Waals surface area contributed by atoms with Crippen molar-refractivity contribution >= 4 is 59.1 Å². The molecule has 2 unspecified atom stereocenters. The smallest absolute Gasteiger partial charge is 0.262 e. The topological polar surface area (TPSA) is 244 Å². The minimum Gasteiger partial charge on any atom is -0.377 e. The highest BCUT2D eigenvalue weighted by Crippen LogP contribution is 2.30. The number of fused-ring (bicyclic) bond motifs is 2. The van der Waals surface area contributed by atoms with Crippen molar-refractivity contribution in [2.75, 3.05) is 39.5 Å². The lowest BCUT2D eigenvalue weighted by atomic mass is 10.0. The van der Waals surface area contributed by atoms with Gasteiger partial charge in [-0.25, -0.2) is 0 Å². The molecule has 2 atom stereocenters. The number of hydrogen-bond acceptors (Lipinski definition) is 12. The molecule has 6 rings (SSSR count). The second kappa shape index (κ2) is 15.0. The van der Waals surface area contributed by atoms with Crippen LogP contribution in [0.25, 0.3) is 0 Å². The van der Waals surface area contributed by atoms with Gasteiger partial charge in [0.15, 0.2) is 0 Å².